The predicted molar refractivity (Wildman–Crippen MR) is 88.8 cm³/mol. The molecule has 0 aliphatic carbocycles. The number of nitrogen functional groups attached to an aromatic ring is 1. The molecule has 0 aliphatic rings. The minimum Gasteiger partial charge on any atom is -0.384 e. The maximum Gasteiger partial charge on any atom is 0.123 e. The van der Waals surface area contributed by atoms with Crippen LogP contribution in [-0.2, 0) is 0 Å². The minimum absolute atomic E-state index is 0.0390. The molecule has 3 rings (SSSR count). The Morgan fingerprint density at radius 1 is 1.14 bits per heavy atom. The number of nitrogens with two attached hydrogens (primary N) is 1. The summed E-state index contributed by atoms with van der Waals surface area (Å²) in [5.74, 6) is 0.0390. The van der Waals surface area contributed by atoms with Crippen molar-refractivity contribution in [2.45, 2.75) is 9.92 Å². The molecule has 3 N–H and O–H groups in total. The van der Waals surface area contributed by atoms with Gasteiger partial charge in [0.1, 0.15) is 17.2 Å². The first-order chi connectivity index (χ1) is 10.1. The maximum absolute atomic E-state index is 7.71. The van der Waals surface area contributed by atoms with E-state index in [0.717, 1.165) is 25.3 Å². The highest BCUT2D eigenvalue weighted by Gasteiger charge is 2.11. The average molecular weight is 359 g/mol. The summed E-state index contributed by atoms with van der Waals surface area (Å²) in [5.41, 5.74) is 7.26. The lowest BCUT2D eigenvalue weighted by molar-refractivity contribution is 1.10. The van der Waals surface area contributed by atoms with Crippen molar-refractivity contribution >= 4 is 44.4 Å². The van der Waals surface area contributed by atoms with E-state index in [9.17, 15) is 0 Å². The smallest absolute Gasteiger partial charge is 0.123 e. The van der Waals surface area contributed by atoms with Gasteiger partial charge in [0, 0.05) is 20.3 Å². The van der Waals surface area contributed by atoms with Crippen molar-refractivity contribution in [2.75, 3.05) is 0 Å². The fraction of sp³-hybridized carbons (Fsp3) is 0. The highest BCUT2D eigenvalue weighted by molar-refractivity contribution is 9.10. The van der Waals surface area contributed by atoms with Crippen LogP contribution in [0.25, 0.3) is 10.9 Å². The normalized spacial score (nSPS) is 10.7. The summed E-state index contributed by atoms with van der Waals surface area (Å²) >= 11 is 4.89. The van der Waals surface area contributed by atoms with E-state index in [2.05, 4.69) is 25.9 Å². The molecule has 104 valence electrons. The van der Waals surface area contributed by atoms with Crippen LogP contribution in [0.4, 0.5) is 0 Å². The van der Waals surface area contributed by atoms with Crippen molar-refractivity contribution in [2.24, 2.45) is 5.73 Å². The molecule has 0 spiro atoms. The standard InChI is InChI=1S/C15H11BrN4S/c16-9-5-6-13(11(7-9)14(17)18)21-15-10-3-1-2-4-12(10)19-8-20-15/h1-8H,(H3,17,18). The molecule has 0 amide bonds. The van der Waals surface area contributed by atoms with E-state index in [-0.39, 0.29) is 5.84 Å². The third-order valence-electron chi connectivity index (χ3n) is 2.94. The second kappa shape index (κ2) is 5.83. The van der Waals surface area contributed by atoms with Crippen LogP contribution in [0.2, 0.25) is 0 Å². The van der Waals surface area contributed by atoms with Crippen LogP contribution in [0.1, 0.15) is 5.56 Å². The summed E-state index contributed by atoms with van der Waals surface area (Å²) in [4.78, 5) is 9.51. The van der Waals surface area contributed by atoms with Gasteiger partial charge in [0.15, 0.2) is 0 Å². The Bertz CT molecular complexity index is 830. The van der Waals surface area contributed by atoms with Crippen molar-refractivity contribution in [3.05, 3.63) is 58.8 Å². The Morgan fingerprint density at radius 2 is 1.95 bits per heavy atom. The van der Waals surface area contributed by atoms with E-state index in [0.29, 0.717) is 5.56 Å². The quantitative estimate of drug-likeness (QED) is 0.423. The van der Waals surface area contributed by atoms with E-state index < -0.39 is 0 Å². The third kappa shape index (κ3) is 2.91. The van der Waals surface area contributed by atoms with Crippen LogP contribution in [0.3, 0.4) is 0 Å². The van der Waals surface area contributed by atoms with Gasteiger partial charge < -0.3 is 5.73 Å². The topological polar surface area (TPSA) is 75.7 Å². The molecule has 21 heavy (non-hydrogen) atoms. The number of nitrogens with one attached hydrogen (secondary N) is 1. The molecule has 4 nitrogen and oxygen atoms in total. The predicted octanol–water partition coefficient (Wildman–Crippen LogP) is 3.83. The van der Waals surface area contributed by atoms with Crippen molar-refractivity contribution in [1.29, 1.82) is 5.41 Å². The van der Waals surface area contributed by atoms with Gasteiger partial charge >= 0.3 is 0 Å². The van der Waals surface area contributed by atoms with Gasteiger partial charge in [-0.1, -0.05) is 45.9 Å². The molecule has 0 radical (unpaired) electrons. The summed E-state index contributed by atoms with van der Waals surface area (Å²) < 4.78 is 0.893. The summed E-state index contributed by atoms with van der Waals surface area (Å²) in [5, 5.41) is 9.55. The first-order valence-electron chi connectivity index (χ1n) is 6.16. The number of aromatic nitrogens is 2. The van der Waals surface area contributed by atoms with Gasteiger partial charge in [-0.15, -0.1) is 0 Å². The number of hydrogen-bond acceptors (Lipinski definition) is 4. The van der Waals surface area contributed by atoms with Crippen LogP contribution < -0.4 is 5.73 Å². The first kappa shape index (κ1) is 14.0. The molecule has 0 unspecified atom stereocenters. The molecule has 0 saturated carbocycles. The lowest BCUT2D eigenvalue weighted by Crippen LogP contribution is -2.12. The lowest BCUT2D eigenvalue weighted by Gasteiger charge is -2.09. The van der Waals surface area contributed by atoms with E-state index in [1.807, 2.05) is 42.5 Å². The van der Waals surface area contributed by atoms with Crippen LogP contribution in [-0.4, -0.2) is 15.8 Å². The number of halogens is 1. The van der Waals surface area contributed by atoms with Crippen LogP contribution in [0.15, 0.2) is 63.2 Å². The van der Waals surface area contributed by atoms with Crippen LogP contribution in [0.5, 0.6) is 0 Å². The molecule has 0 bridgehead atoms. The van der Waals surface area contributed by atoms with Gasteiger partial charge in [-0.25, -0.2) is 9.97 Å². The van der Waals surface area contributed by atoms with E-state index in [4.69, 9.17) is 11.1 Å². The molecule has 1 heterocycles. The monoisotopic (exact) mass is 358 g/mol. The van der Waals surface area contributed by atoms with Gasteiger partial charge in [0.25, 0.3) is 0 Å². The molecule has 3 aromatic rings. The van der Waals surface area contributed by atoms with Gasteiger partial charge in [-0.2, -0.15) is 0 Å². The summed E-state index contributed by atoms with van der Waals surface area (Å²) in [7, 11) is 0. The number of hydrogen-bond donors (Lipinski definition) is 2. The SMILES string of the molecule is N=C(N)c1cc(Br)ccc1Sc1ncnc2ccccc12. The van der Waals surface area contributed by atoms with Crippen molar-refractivity contribution < 1.29 is 0 Å². The van der Waals surface area contributed by atoms with E-state index >= 15 is 0 Å². The fourth-order valence-corrected chi connectivity index (χ4v) is 3.33. The molecule has 0 saturated heterocycles. The van der Waals surface area contributed by atoms with E-state index in [1.54, 1.807) is 6.33 Å². The Kier molecular flexibility index (Phi) is 3.90. The summed E-state index contributed by atoms with van der Waals surface area (Å²) in [6.07, 6.45) is 1.55. The van der Waals surface area contributed by atoms with Gasteiger partial charge in [0.2, 0.25) is 0 Å². The van der Waals surface area contributed by atoms with Gasteiger partial charge in [0.05, 0.1) is 5.52 Å². The Morgan fingerprint density at radius 3 is 2.76 bits per heavy atom. The zero-order chi connectivity index (χ0) is 14.8. The number of para-hydroxylation sites is 1. The zero-order valence-electron chi connectivity index (χ0n) is 10.9. The molecule has 0 atom stereocenters. The fourth-order valence-electron chi connectivity index (χ4n) is 1.97. The maximum atomic E-state index is 7.71. The van der Waals surface area contributed by atoms with Crippen molar-refractivity contribution in [1.82, 2.24) is 9.97 Å². The second-order valence-electron chi connectivity index (χ2n) is 4.35. The lowest BCUT2D eigenvalue weighted by atomic mass is 10.2. The first-order valence-corrected chi connectivity index (χ1v) is 7.77. The van der Waals surface area contributed by atoms with E-state index in [1.165, 1.54) is 11.8 Å². The molecular formula is C15H11BrN4S. The van der Waals surface area contributed by atoms with Gasteiger partial charge in [-0.3, -0.25) is 5.41 Å². The molecule has 1 aromatic heterocycles. The summed E-state index contributed by atoms with van der Waals surface area (Å²) in [6.45, 7) is 0. The number of amidine groups is 1. The minimum atomic E-state index is 0.0390. The largest absolute Gasteiger partial charge is 0.384 e. The van der Waals surface area contributed by atoms with Crippen molar-refractivity contribution in [3.63, 3.8) is 0 Å². The molecule has 0 fully saturated rings. The molecule has 2 aromatic carbocycles. The Hall–Kier alpha value is -1.92. The number of fused-ring (bicyclic) bond motifs is 1. The molecular weight excluding hydrogens is 348 g/mol. The number of benzene rings is 2. The molecule has 0 aliphatic heterocycles. The van der Waals surface area contributed by atoms with Crippen molar-refractivity contribution in [3.8, 4) is 0 Å². The average Bonchev–Trinajstić information content (AvgIpc) is 2.49. The Balaban J connectivity index is 2.09. The van der Waals surface area contributed by atoms with Gasteiger partial charge in [-0.05, 0) is 24.3 Å². The third-order valence-corrected chi connectivity index (χ3v) is 4.53. The van der Waals surface area contributed by atoms with Crippen LogP contribution >= 0.6 is 27.7 Å². The highest BCUT2D eigenvalue weighted by atomic mass is 79.9. The number of rotatable bonds is 3. The second-order valence-corrected chi connectivity index (χ2v) is 6.30. The zero-order valence-corrected chi connectivity index (χ0v) is 13.3. The summed E-state index contributed by atoms with van der Waals surface area (Å²) in [6, 6.07) is 13.6. The molecule has 6 heteroatoms. The highest BCUT2D eigenvalue weighted by Crippen LogP contribution is 2.34. The van der Waals surface area contributed by atoms with Crippen LogP contribution in [0, 0.1) is 5.41 Å². The number of nitrogens with zero attached hydrogens (tertiary/aromatic N) is 2. The Labute approximate surface area is 134 Å².